The van der Waals surface area contributed by atoms with Crippen molar-refractivity contribution in [1.29, 1.82) is 0 Å². The summed E-state index contributed by atoms with van der Waals surface area (Å²) < 4.78 is 0. The molecular formula is C29H45N5O4S. The Morgan fingerprint density at radius 3 is 2.05 bits per heavy atom. The number of aliphatic hydroxyl groups is 2. The Bertz CT molecular complexity index is 984. The second-order valence-electron chi connectivity index (χ2n) is 8.77. The molecule has 2 aromatic rings. The minimum Gasteiger partial charge on any atom is -0.380 e. The second-order valence-corrected chi connectivity index (χ2v) is 9.38. The highest BCUT2D eigenvalue weighted by Crippen LogP contribution is 2.17. The summed E-state index contributed by atoms with van der Waals surface area (Å²) in [5, 5.41) is 32.7. The van der Waals surface area contributed by atoms with Crippen LogP contribution in [-0.2, 0) is 16.1 Å². The van der Waals surface area contributed by atoms with Gasteiger partial charge in [0, 0.05) is 18.8 Å². The Morgan fingerprint density at radius 2 is 1.59 bits per heavy atom. The highest BCUT2D eigenvalue weighted by Gasteiger charge is 2.33. The van der Waals surface area contributed by atoms with Crippen LogP contribution in [0.4, 0.5) is 5.69 Å². The summed E-state index contributed by atoms with van der Waals surface area (Å²) in [4.78, 5) is 26.5. The lowest BCUT2D eigenvalue weighted by atomic mass is 10.1. The molecule has 2 rings (SSSR count). The highest BCUT2D eigenvalue weighted by atomic mass is 32.2. The molecule has 0 heterocycles. The maximum Gasteiger partial charge on any atom is 0.254 e. The number of allylic oxidation sites excluding steroid dienone is 1. The summed E-state index contributed by atoms with van der Waals surface area (Å²) in [7, 11) is 0. The molecule has 0 saturated heterocycles. The Balaban J connectivity index is 0.00000159. The van der Waals surface area contributed by atoms with Crippen LogP contribution in [-0.4, -0.2) is 51.7 Å². The van der Waals surface area contributed by atoms with Crippen molar-refractivity contribution in [3.05, 3.63) is 90.0 Å². The number of hydrogen-bond donors (Lipinski definition) is 6. The van der Waals surface area contributed by atoms with Crippen LogP contribution in [0.25, 0.3) is 0 Å². The van der Waals surface area contributed by atoms with E-state index in [1.54, 1.807) is 19.3 Å². The zero-order valence-corrected chi connectivity index (χ0v) is 24.4. The summed E-state index contributed by atoms with van der Waals surface area (Å²) in [6, 6.07) is 16.7. The van der Waals surface area contributed by atoms with E-state index in [-0.39, 0.29) is 6.54 Å². The maximum absolute atomic E-state index is 12.6. The minimum atomic E-state index is -1.87. The minimum absolute atomic E-state index is 0.283. The smallest absolute Gasteiger partial charge is 0.254 e. The average molecular weight is 560 g/mol. The van der Waals surface area contributed by atoms with Gasteiger partial charge in [-0.05, 0) is 61.7 Å². The topological polar surface area (TPSA) is 154 Å². The van der Waals surface area contributed by atoms with Gasteiger partial charge in [-0.25, -0.2) is 0 Å². The molecule has 0 aromatic heterocycles. The first-order valence-corrected chi connectivity index (χ1v) is 13.6. The van der Waals surface area contributed by atoms with Gasteiger partial charge in [0.25, 0.3) is 11.8 Å². The van der Waals surface area contributed by atoms with Gasteiger partial charge in [0.05, 0.1) is 6.04 Å². The fourth-order valence-electron chi connectivity index (χ4n) is 3.04. The number of rotatable bonds is 11. The largest absolute Gasteiger partial charge is 0.380 e. The molecule has 0 aliphatic heterocycles. The van der Waals surface area contributed by atoms with Gasteiger partial charge in [-0.3, -0.25) is 14.7 Å². The fraction of sp³-hybridized carbons (Fsp3) is 0.379. The average Bonchev–Trinajstić information content (AvgIpc) is 2.94. The lowest BCUT2D eigenvalue weighted by Gasteiger charge is -2.26. The van der Waals surface area contributed by atoms with Crippen LogP contribution in [0.5, 0.6) is 0 Å². The monoisotopic (exact) mass is 559 g/mol. The van der Waals surface area contributed by atoms with Crippen molar-refractivity contribution in [2.45, 2.75) is 65.5 Å². The first-order valence-electron chi connectivity index (χ1n) is 12.7. The molecule has 9 nitrogen and oxygen atoms in total. The molecule has 39 heavy (non-hydrogen) atoms. The molecule has 0 bridgehead atoms. The Labute approximate surface area is 237 Å². The van der Waals surface area contributed by atoms with Crippen LogP contribution in [0.15, 0.2) is 78.9 Å². The molecule has 2 amide bonds. The lowest BCUT2D eigenvalue weighted by molar-refractivity contribution is -0.153. The molecule has 0 aliphatic rings. The quantitative estimate of drug-likeness (QED) is 0.228. The molecular weight excluding hydrogens is 514 g/mol. The number of benzene rings is 2. The summed E-state index contributed by atoms with van der Waals surface area (Å²) in [6.07, 6.45) is -0.0185. The first-order chi connectivity index (χ1) is 18.5. The normalized spacial score (nSPS) is 12.7. The number of aliphatic hydroxyl groups excluding tert-OH is 2. The number of carbonyl (C=O) groups is 2. The van der Waals surface area contributed by atoms with Crippen molar-refractivity contribution in [3.63, 3.8) is 0 Å². The number of nitrogens with two attached hydrogens (primary N) is 2. The molecule has 10 heteroatoms. The van der Waals surface area contributed by atoms with Crippen molar-refractivity contribution in [1.82, 2.24) is 10.2 Å². The fourth-order valence-corrected chi connectivity index (χ4v) is 3.04. The van der Waals surface area contributed by atoms with Gasteiger partial charge in [-0.1, -0.05) is 80.9 Å². The summed E-state index contributed by atoms with van der Waals surface area (Å²) in [5.41, 5.74) is 7.73. The molecule has 0 aliphatic carbocycles. The molecule has 0 saturated carbocycles. The van der Waals surface area contributed by atoms with Gasteiger partial charge in [0.1, 0.15) is 0 Å². The van der Waals surface area contributed by atoms with E-state index in [0.29, 0.717) is 12.6 Å². The van der Waals surface area contributed by atoms with Crippen LogP contribution >= 0.6 is 11.9 Å². The van der Waals surface area contributed by atoms with Crippen molar-refractivity contribution in [2.24, 2.45) is 10.9 Å². The van der Waals surface area contributed by atoms with Gasteiger partial charge in [-0.15, -0.1) is 0 Å². The standard InChI is InChI=1S/C24H31N3O4.C3H9N.C2H5NS/c1-4-15-25-20-13-11-19(12-14-20)17(3)26-23(30)21(28)22(29)24(31)27(5-2)16-18-9-7-6-8-10-18;1-3(2)4;1-2-4-3/h4,6-15,17,21-22,25,28-29H,5,16H2,1-3H3,(H,26,30);3H,4H2,1-2H3;2H,1,3H2/b15-4-;;. The van der Waals surface area contributed by atoms with Crippen LogP contribution in [0.3, 0.4) is 0 Å². The van der Waals surface area contributed by atoms with Crippen LogP contribution in [0.2, 0.25) is 0 Å². The molecule has 2 aromatic carbocycles. The van der Waals surface area contributed by atoms with E-state index >= 15 is 0 Å². The van der Waals surface area contributed by atoms with Crippen LogP contribution < -0.4 is 21.5 Å². The molecule has 0 radical (unpaired) electrons. The number of carbonyl (C=O) groups excluding carboxylic acids is 2. The van der Waals surface area contributed by atoms with E-state index in [1.807, 2.05) is 87.6 Å². The van der Waals surface area contributed by atoms with E-state index in [1.165, 1.54) is 4.90 Å². The molecule has 0 spiro atoms. The Morgan fingerprint density at radius 1 is 1.05 bits per heavy atom. The number of nitrogens with one attached hydrogen (secondary N) is 2. The SMILES string of the molecule is C/C=C\Nc1ccc(C(C)NC(=O)C(O)C(O)C(=O)N(CC)Cc2ccccc2)cc1.C=CSN.CC(C)N. The maximum atomic E-state index is 12.6. The second kappa shape index (κ2) is 20.8. The summed E-state index contributed by atoms with van der Waals surface area (Å²) >= 11 is 1.12. The van der Waals surface area contributed by atoms with E-state index in [4.69, 9.17) is 10.9 Å². The zero-order valence-electron chi connectivity index (χ0n) is 23.6. The summed E-state index contributed by atoms with van der Waals surface area (Å²) in [5.74, 6) is -1.50. The van der Waals surface area contributed by atoms with Crippen molar-refractivity contribution >= 4 is 29.4 Å². The first kappa shape index (κ1) is 35.9. The van der Waals surface area contributed by atoms with E-state index in [2.05, 4.69) is 17.2 Å². The van der Waals surface area contributed by atoms with Crippen molar-refractivity contribution in [2.75, 3.05) is 11.9 Å². The molecule has 3 unspecified atom stereocenters. The number of likely N-dealkylation sites (N-methyl/N-ethyl adjacent to an activating group) is 1. The number of nitrogens with zero attached hydrogens (tertiary/aromatic N) is 1. The Kier molecular flexibility index (Phi) is 19.1. The van der Waals surface area contributed by atoms with Gasteiger partial charge < -0.3 is 31.5 Å². The van der Waals surface area contributed by atoms with Gasteiger partial charge in [0.2, 0.25) is 0 Å². The van der Waals surface area contributed by atoms with Crippen LogP contribution in [0.1, 0.15) is 51.8 Å². The molecule has 0 fully saturated rings. The third kappa shape index (κ3) is 15.1. The van der Waals surface area contributed by atoms with E-state index < -0.39 is 30.1 Å². The Hall–Kier alpha value is -3.15. The predicted octanol–water partition coefficient (Wildman–Crippen LogP) is 3.67. The number of amides is 2. The lowest BCUT2D eigenvalue weighted by Crippen LogP contribution is -2.50. The molecule has 216 valence electrons. The van der Waals surface area contributed by atoms with Gasteiger partial charge >= 0.3 is 0 Å². The number of hydrogen-bond acceptors (Lipinski definition) is 8. The van der Waals surface area contributed by atoms with Crippen molar-refractivity contribution in [3.8, 4) is 0 Å². The highest BCUT2D eigenvalue weighted by molar-refractivity contribution is 7.99. The zero-order chi connectivity index (χ0) is 29.8. The van der Waals surface area contributed by atoms with E-state index in [9.17, 15) is 19.8 Å². The summed E-state index contributed by atoms with van der Waals surface area (Å²) in [6.45, 7) is 13.3. The predicted molar refractivity (Wildman–Crippen MR) is 162 cm³/mol. The number of anilines is 1. The third-order valence-electron chi connectivity index (χ3n) is 5.01. The molecule has 3 atom stereocenters. The van der Waals surface area contributed by atoms with Crippen LogP contribution in [0, 0.1) is 0 Å². The third-order valence-corrected chi connectivity index (χ3v) is 5.21. The van der Waals surface area contributed by atoms with Gasteiger partial charge in [-0.2, -0.15) is 0 Å². The molecule has 8 N–H and O–H groups in total. The van der Waals surface area contributed by atoms with Gasteiger partial charge in [0.15, 0.2) is 12.2 Å². The van der Waals surface area contributed by atoms with Crippen molar-refractivity contribution < 1.29 is 19.8 Å². The van der Waals surface area contributed by atoms with E-state index in [0.717, 1.165) is 28.8 Å².